The van der Waals surface area contributed by atoms with Gasteiger partial charge in [0.2, 0.25) is 0 Å². The lowest BCUT2D eigenvalue weighted by Crippen LogP contribution is -1.93. The number of benzene rings is 2. The van der Waals surface area contributed by atoms with Crippen LogP contribution in [0.5, 0.6) is 23.0 Å². The summed E-state index contributed by atoms with van der Waals surface area (Å²) in [5.74, 6) is 1.15. The van der Waals surface area contributed by atoms with E-state index in [0.717, 1.165) is 12.2 Å². The monoisotopic (exact) mass is 262 g/mol. The number of hydrogen-bond acceptors (Lipinski definition) is 4. The Bertz CT molecular complexity index is 480. The Kier molecular flexibility index (Phi) is 6.09. The van der Waals surface area contributed by atoms with E-state index in [0.29, 0.717) is 6.61 Å². The molecule has 3 N–H and O–H groups in total. The van der Waals surface area contributed by atoms with Gasteiger partial charge in [-0.3, -0.25) is 0 Å². The highest BCUT2D eigenvalue weighted by Gasteiger charge is 1.92. The van der Waals surface area contributed by atoms with Crippen LogP contribution in [0.1, 0.15) is 13.3 Å². The van der Waals surface area contributed by atoms with Gasteiger partial charge in [0.25, 0.3) is 0 Å². The molecule has 0 fully saturated rings. The third-order valence-corrected chi connectivity index (χ3v) is 2.12. The molecule has 0 aliphatic rings. The van der Waals surface area contributed by atoms with Crippen LogP contribution in [-0.2, 0) is 0 Å². The molecule has 0 radical (unpaired) electrons. The van der Waals surface area contributed by atoms with Crippen molar-refractivity contribution in [2.24, 2.45) is 0 Å². The fourth-order valence-corrected chi connectivity index (χ4v) is 1.29. The summed E-state index contributed by atoms with van der Waals surface area (Å²) < 4.78 is 5.28. The van der Waals surface area contributed by atoms with Gasteiger partial charge >= 0.3 is 0 Å². The van der Waals surface area contributed by atoms with E-state index in [1.807, 2.05) is 13.0 Å². The van der Waals surface area contributed by atoms with Crippen molar-refractivity contribution in [3.8, 4) is 23.0 Å². The summed E-state index contributed by atoms with van der Waals surface area (Å²) >= 11 is 0. The molecule has 4 heteroatoms. The largest absolute Gasteiger partial charge is 0.508 e. The minimum Gasteiger partial charge on any atom is -0.508 e. The van der Waals surface area contributed by atoms with E-state index in [1.54, 1.807) is 24.3 Å². The van der Waals surface area contributed by atoms with E-state index in [9.17, 15) is 0 Å². The van der Waals surface area contributed by atoms with E-state index in [2.05, 4.69) is 0 Å². The van der Waals surface area contributed by atoms with E-state index in [1.165, 1.54) is 18.2 Å². The summed E-state index contributed by atoms with van der Waals surface area (Å²) in [6, 6.07) is 12.7. The van der Waals surface area contributed by atoms with Gasteiger partial charge in [0, 0.05) is 12.1 Å². The Morgan fingerprint density at radius 3 is 1.79 bits per heavy atom. The number of phenolic OH excluding ortho intramolecular Hbond substituents is 3. The molecular formula is C15H18O4. The predicted molar refractivity (Wildman–Crippen MR) is 73.7 cm³/mol. The van der Waals surface area contributed by atoms with Crippen molar-refractivity contribution in [2.75, 3.05) is 6.61 Å². The number of phenols is 3. The first-order chi connectivity index (χ1) is 9.11. The second kappa shape index (κ2) is 7.87. The van der Waals surface area contributed by atoms with Crippen LogP contribution in [0, 0.1) is 0 Å². The van der Waals surface area contributed by atoms with Crippen LogP contribution in [-0.4, -0.2) is 21.9 Å². The standard InChI is InChI=1S/C9H12O2.C6H6O2/c1-2-6-11-9-5-3-4-8(10)7-9;7-5-2-1-3-6(8)4-5/h3-5,7,10H,2,6H2,1H3;1-4,7-8H. The Labute approximate surface area is 112 Å². The average molecular weight is 262 g/mol. The highest BCUT2D eigenvalue weighted by atomic mass is 16.5. The minimum absolute atomic E-state index is 0.0880. The lowest BCUT2D eigenvalue weighted by molar-refractivity contribution is 0.315. The number of aromatic hydroxyl groups is 3. The molecule has 19 heavy (non-hydrogen) atoms. The van der Waals surface area contributed by atoms with Crippen molar-refractivity contribution in [3.05, 3.63) is 48.5 Å². The summed E-state index contributed by atoms with van der Waals surface area (Å²) in [4.78, 5) is 0. The average Bonchev–Trinajstić information content (AvgIpc) is 2.37. The van der Waals surface area contributed by atoms with Gasteiger partial charge in [-0.25, -0.2) is 0 Å². The number of hydrogen-bond donors (Lipinski definition) is 3. The fourth-order valence-electron chi connectivity index (χ4n) is 1.29. The van der Waals surface area contributed by atoms with Crippen molar-refractivity contribution in [2.45, 2.75) is 13.3 Å². The van der Waals surface area contributed by atoms with Crippen molar-refractivity contribution in [1.29, 1.82) is 0 Å². The molecule has 2 aromatic rings. The van der Waals surface area contributed by atoms with Crippen molar-refractivity contribution >= 4 is 0 Å². The van der Waals surface area contributed by atoms with Crippen molar-refractivity contribution in [3.63, 3.8) is 0 Å². The van der Waals surface area contributed by atoms with E-state index < -0.39 is 0 Å². The number of ether oxygens (including phenoxy) is 1. The lowest BCUT2D eigenvalue weighted by Gasteiger charge is -2.03. The van der Waals surface area contributed by atoms with Crippen LogP contribution >= 0.6 is 0 Å². The molecule has 0 bridgehead atoms. The zero-order valence-electron chi connectivity index (χ0n) is 10.8. The molecular weight excluding hydrogens is 244 g/mol. The van der Waals surface area contributed by atoms with E-state index in [-0.39, 0.29) is 17.2 Å². The molecule has 102 valence electrons. The minimum atomic E-state index is 0.0880. The van der Waals surface area contributed by atoms with Gasteiger partial charge in [0.15, 0.2) is 0 Å². The summed E-state index contributed by atoms with van der Waals surface area (Å²) in [6.07, 6.45) is 0.982. The van der Waals surface area contributed by atoms with Gasteiger partial charge in [-0.1, -0.05) is 19.1 Å². The van der Waals surface area contributed by atoms with Crippen LogP contribution in [0.2, 0.25) is 0 Å². The van der Waals surface area contributed by atoms with Gasteiger partial charge in [-0.2, -0.15) is 0 Å². The van der Waals surface area contributed by atoms with Gasteiger partial charge in [-0.05, 0) is 30.7 Å². The smallest absolute Gasteiger partial charge is 0.122 e. The summed E-state index contributed by atoms with van der Waals surface area (Å²) in [6.45, 7) is 2.74. The predicted octanol–water partition coefficient (Wildman–Crippen LogP) is 3.28. The molecule has 0 aliphatic carbocycles. The molecule has 2 rings (SSSR count). The zero-order chi connectivity index (χ0) is 14.1. The SMILES string of the molecule is CCCOc1cccc(O)c1.Oc1cccc(O)c1. The van der Waals surface area contributed by atoms with Crippen molar-refractivity contribution in [1.82, 2.24) is 0 Å². The highest BCUT2D eigenvalue weighted by Crippen LogP contribution is 2.17. The molecule has 0 heterocycles. The van der Waals surface area contributed by atoms with Crippen LogP contribution in [0.15, 0.2) is 48.5 Å². The topological polar surface area (TPSA) is 69.9 Å². The molecule has 2 aromatic carbocycles. The summed E-state index contributed by atoms with van der Waals surface area (Å²) in [5.41, 5.74) is 0. The summed E-state index contributed by atoms with van der Waals surface area (Å²) in [7, 11) is 0. The highest BCUT2D eigenvalue weighted by molar-refractivity contribution is 5.31. The second-order valence-corrected chi connectivity index (χ2v) is 3.87. The van der Waals surface area contributed by atoms with Crippen LogP contribution in [0.25, 0.3) is 0 Å². The third kappa shape index (κ3) is 6.21. The Morgan fingerprint density at radius 1 is 0.842 bits per heavy atom. The van der Waals surface area contributed by atoms with Gasteiger partial charge in [0.1, 0.15) is 23.0 Å². The van der Waals surface area contributed by atoms with Crippen LogP contribution in [0.4, 0.5) is 0 Å². The molecule has 0 aromatic heterocycles. The Balaban J connectivity index is 0.000000200. The van der Waals surface area contributed by atoms with Crippen LogP contribution in [0.3, 0.4) is 0 Å². The van der Waals surface area contributed by atoms with Gasteiger partial charge < -0.3 is 20.1 Å². The molecule has 0 spiro atoms. The first-order valence-electron chi connectivity index (χ1n) is 6.01. The zero-order valence-corrected chi connectivity index (χ0v) is 10.8. The normalized spacial score (nSPS) is 9.32. The fraction of sp³-hybridized carbons (Fsp3) is 0.200. The van der Waals surface area contributed by atoms with Crippen molar-refractivity contribution < 1.29 is 20.1 Å². The lowest BCUT2D eigenvalue weighted by atomic mass is 10.3. The third-order valence-electron chi connectivity index (χ3n) is 2.12. The molecule has 0 aliphatic heterocycles. The molecule has 0 atom stereocenters. The second-order valence-electron chi connectivity index (χ2n) is 3.87. The molecule has 0 amide bonds. The molecule has 0 unspecified atom stereocenters. The Hall–Kier alpha value is -2.36. The molecule has 4 nitrogen and oxygen atoms in total. The Morgan fingerprint density at radius 2 is 1.37 bits per heavy atom. The van der Waals surface area contributed by atoms with Crippen LogP contribution < -0.4 is 4.74 Å². The first-order valence-corrected chi connectivity index (χ1v) is 6.01. The molecule has 0 saturated carbocycles. The van der Waals surface area contributed by atoms with E-state index in [4.69, 9.17) is 20.1 Å². The molecule has 0 saturated heterocycles. The number of rotatable bonds is 3. The van der Waals surface area contributed by atoms with E-state index >= 15 is 0 Å². The maximum Gasteiger partial charge on any atom is 0.122 e. The summed E-state index contributed by atoms with van der Waals surface area (Å²) in [5, 5.41) is 26.3. The quantitative estimate of drug-likeness (QED) is 0.794. The first kappa shape index (κ1) is 14.7. The maximum atomic E-state index is 9.03. The van der Waals surface area contributed by atoms with Gasteiger partial charge in [-0.15, -0.1) is 0 Å². The van der Waals surface area contributed by atoms with Gasteiger partial charge in [0.05, 0.1) is 6.61 Å². The maximum absolute atomic E-state index is 9.03.